The number of alkyl halides is 3. The van der Waals surface area contributed by atoms with Crippen LogP contribution in [0.15, 0.2) is 48.5 Å². The van der Waals surface area contributed by atoms with Gasteiger partial charge in [0.05, 0.1) is 10.6 Å². The molecular weight excluding hydrogens is 409 g/mol. The fourth-order valence-electron chi connectivity index (χ4n) is 3.18. The second-order valence-electron chi connectivity index (χ2n) is 6.67. The highest BCUT2D eigenvalue weighted by Crippen LogP contribution is 2.39. The van der Waals surface area contributed by atoms with Crippen molar-refractivity contribution in [2.45, 2.75) is 24.6 Å². The van der Waals surface area contributed by atoms with Crippen LogP contribution in [-0.4, -0.2) is 20.8 Å². The Kier molecular flexibility index (Phi) is 5.67. The van der Waals surface area contributed by atoms with E-state index in [0.717, 1.165) is 11.6 Å². The molecule has 1 unspecified atom stereocenters. The molecule has 10 heteroatoms. The Bertz CT molecular complexity index is 1050. The molecule has 0 saturated carbocycles. The van der Waals surface area contributed by atoms with E-state index in [9.17, 15) is 32.6 Å². The van der Waals surface area contributed by atoms with Crippen LogP contribution in [0.5, 0.6) is 0 Å². The largest absolute Gasteiger partial charge is 0.462 e. The van der Waals surface area contributed by atoms with Gasteiger partial charge in [0.1, 0.15) is 5.56 Å². The topological polar surface area (TPSA) is 96.2 Å². The first-order chi connectivity index (χ1) is 13.6. The van der Waals surface area contributed by atoms with Gasteiger partial charge in [-0.1, -0.05) is 30.3 Å². The highest BCUT2D eigenvalue weighted by molar-refractivity contribution is 7.65. The summed E-state index contributed by atoms with van der Waals surface area (Å²) in [6.45, 7) is 0. The van der Waals surface area contributed by atoms with Gasteiger partial charge in [-0.05, 0) is 30.5 Å². The molecule has 0 fully saturated rings. The number of benzene rings is 2. The molecular formula is C19H16F3N2O4S+. The van der Waals surface area contributed by atoms with Crippen molar-refractivity contribution in [3.05, 3.63) is 75.5 Å². The molecule has 0 saturated heterocycles. The van der Waals surface area contributed by atoms with Crippen molar-refractivity contribution in [2.24, 2.45) is 0 Å². The Labute approximate surface area is 167 Å². The summed E-state index contributed by atoms with van der Waals surface area (Å²) in [5, 5.41) is 22.3. The summed E-state index contributed by atoms with van der Waals surface area (Å²) < 4.78 is 50.8. The van der Waals surface area contributed by atoms with Crippen LogP contribution in [0.2, 0.25) is 0 Å². The first-order valence-corrected chi connectivity index (χ1v) is 9.45. The van der Waals surface area contributed by atoms with Crippen molar-refractivity contribution in [2.75, 3.05) is 5.75 Å². The van der Waals surface area contributed by atoms with Crippen molar-refractivity contribution in [3.8, 4) is 0 Å². The Morgan fingerprint density at radius 3 is 2.41 bits per heavy atom. The quantitative estimate of drug-likeness (QED) is 0.334. The maximum atomic E-state index is 13.2. The second kappa shape index (κ2) is 7.88. The monoisotopic (exact) mass is 425 g/mol. The van der Waals surface area contributed by atoms with Crippen molar-refractivity contribution in [1.82, 2.24) is 4.98 Å². The molecule has 152 valence electrons. The Morgan fingerprint density at radius 1 is 1.14 bits per heavy atom. The van der Waals surface area contributed by atoms with Crippen LogP contribution in [0, 0.1) is 10.1 Å². The van der Waals surface area contributed by atoms with Crippen molar-refractivity contribution in [3.63, 3.8) is 0 Å². The third-order valence-electron chi connectivity index (χ3n) is 4.71. The van der Waals surface area contributed by atoms with Gasteiger partial charge < -0.3 is 10.1 Å². The predicted octanol–water partition coefficient (Wildman–Crippen LogP) is 4.34. The second-order valence-corrected chi connectivity index (χ2v) is 7.20. The number of aromatic amines is 1. The first-order valence-electron chi connectivity index (χ1n) is 8.54. The van der Waals surface area contributed by atoms with Gasteiger partial charge in [-0.3, -0.25) is 10.1 Å². The summed E-state index contributed by atoms with van der Waals surface area (Å²) in [5.74, 6) is -0.235. The van der Waals surface area contributed by atoms with Crippen molar-refractivity contribution < 1.29 is 27.4 Å². The number of hydrogen-bond donors (Lipinski definition) is 2. The number of nitro benzene ring substituents is 1. The molecule has 1 atom stereocenters. The van der Waals surface area contributed by atoms with E-state index in [2.05, 4.69) is 4.98 Å². The number of aryl methyl sites for hydroxylation is 1. The molecule has 0 aliphatic heterocycles. The molecule has 2 aromatic carbocycles. The lowest BCUT2D eigenvalue weighted by atomic mass is 9.93. The molecule has 6 nitrogen and oxygen atoms in total. The zero-order valence-electron chi connectivity index (χ0n) is 14.9. The van der Waals surface area contributed by atoms with E-state index in [4.69, 9.17) is 0 Å². The zero-order chi connectivity index (χ0) is 21.2. The number of nitrogens with zero attached hydrogens (tertiary/aromatic N) is 1. The van der Waals surface area contributed by atoms with Crippen LogP contribution in [0.1, 0.15) is 23.2 Å². The van der Waals surface area contributed by atoms with E-state index in [1.165, 1.54) is 6.07 Å². The minimum Gasteiger partial charge on any atom is -0.378 e. The molecule has 0 bridgehead atoms. The smallest absolute Gasteiger partial charge is 0.378 e. The fraction of sp³-hybridized carbons (Fsp3) is 0.263. The van der Waals surface area contributed by atoms with Crippen LogP contribution < -0.4 is 0 Å². The van der Waals surface area contributed by atoms with Crippen LogP contribution in [-0.2, 0) is 34.1 Å². The minimum atomic E-state index is -4.91. The van der Waals surface area contributed by atoms with E-state index >= 15 is 0 Å². The van der Waals surface area contributed by atoms with Gasteiger partial charge in [0.25, 0.3) is 11.4 Å². The normalized spacial score (nSPS) is 13.9. The van der Waals surface area contributed by atoms with E-state index < -0.39 is 28.0 Å². The Morgan fingerprint density at radius 2 is 1.83 bits per heavy atom. The molecule has 29 heavy (non-hydrogen) atoms. The first kappa shape index (κ1) is 20.9. The number of aromatic nitrogens is 1. The predicted molar refractivity (Wildman–Crippen MR) is 102 cm³/mol. The van der Waals surface area contributed by atoms with Crippen LogP contribution in [0.3, 0.4) is 0 Å². The summed E-state index contributed by atoms with van der Waals surface area (Å²) >= 11 is 0.156. The number of nitro groups is 1. The van der Waals surface area contributed by atoms with Gasteiger partial charge in [-0.25, -0.2) is 0 Å². The van der Waals surface area contributed by atoms with E-state index in [1.807, 2.05) is 30.3 Å². The zero-order valence-corrected chi connectivity index (χ0v) is 15.7. The molecule has 0 spiro atoms. The number of hydrogen-bond acceptors (Lipinski definition) is 4. The van der Waals surface area contributed by atoms with Gasteiger partial charge in [-0.2, -0.15) is 13.2 Å². The highest BCUT2D eigenvalue weighted by atomic mass is 32.1. The molecule has 0 amide bonds. The van der Waals surface area contributed by atoms with Crippen molar-refractivity contribution in [1.29, 1.82) is 0 Å². The summed E-state index contributed by atoms with van der Waals surface area (Å²) in [7, 11) is 0. The molecule has 0 aliphatic carbocycles. The fourth-order valence-corrected chi connectivity index (χ4v) is 3.67. The van der Waals surface area contributed by atoms with E-state index in [1.54, 1.807) is 0 Å². The van der Waals surface area contributed by atoms with Crippen LogP contribution in [0.25, 0.3) is 10.9 Å². The number of fused-ring (bicyclic) bond motifs is 1. The molecule has 0 radical (unpaired) electrons. The van der Waals surface area contributed by atoms with Crippen molar-refractivity contribution >= 4 is 28.3 Å². The molecule has 0 aliphatic rings. The molecule has 1 aromatic heterocycles. The van der Waals surface area contributed by atoms with Crippen LogP contribution >= 0.6 is 0 Å². The lowest BCUT2D eigenvalue weighted by Gasteiger charge is -2.20. The average Bonchev–Trinajstić information content (AvgIpc) is 3.10. The summed E-state index contributed by atoms with van der Waals surface area (Å²) in [5.41, 5.74) is -3.02. The van der Waals surface area contributed by atoms with Crippen LogP contribution in [0.4, 0.5) is 18.9 Å². The third-order valence-corrected chi connectivity index (χ3v) is 5.30. The van der Waals surface area contributed by atoms with E-state index in [-0.39, 0.29) is 40.4 Å². The standard InChI is InChI=1S/C19H16F3N2O4S/c20-19(21,22)14-10-15-13(8-16(14)24(26)27)9-17(23-15)18(25,11-29-28)7-6-12-4-2-1-3-5-12/h1-5,8-10,23,25H,6-7,11H2/q+1. The van der Waals surface area contributed by atoms with Gasteiger partial charge in [-0.15, -0.1) is 0 Å². The number of aliphatic hydroxyl groups is 1. The maximum absolute atomic E-state index is 13.2. The lowest BCUT2D eigenvalue weighted by molar-refractivity contribution is -0.387. The Balaban J connectivity index is 2.03. The summed E-state index contributed by atoms with van der Waals surface area (Å²) in [4.78, 5) is 12.7. The minimum absolute atomic E-state index is 0.00744. The molecule has 3 aromatic rings. The molecule has 1 heterocycles. The average molecular weight is 425 g/mol. The maximum Gasteiger partial charge on any atom is 0.462 e. The summed E-state index contributed by atoms with van der Waals surface area (Å²) in [6, 6.07) is 12.0. The highest BCUT2D eigenvalue weighted by Gasteiger charge is 2.40. The number of rotatable bonds is 7. The Hall–Kier alpha value is -2.85. The lowest BCUT2D eigenvalue weighted by Crippen LogP contribution is -2.31. The number of halogens is 3. The van der Waals surface area contributed by atoms with Gasteiger partial charge in [0, 0.05) is 21.2 Å². The van der Waals surface area contributed by atoms with Gasteiger partial charge in [0.15, 0.2) is 5.60 Å². The van der Waals surface area contributed by atoms with E-state index in [0.29, 0.717) is 12.5 Å². The third kappa shape index (κ3) is 4.43. The molecule has 2 N–H and O–H groups in total. The van der Waals surface area contributed by atoms with Gasteiger partial charge >= 0.3 is 17.8 Å². The number of H-pyrrole nitrogens is 1. The van der Waals surface area contributed by atoms with Gasteiger partial charge in [0.2, 0.25) is 0 Å². The number of nitrogens with one attached hydrogen (secondary N) is 1. The SMILES string of the molecule is O=[S+]CC(O)(CCc1ccccc1)c1cc2cc([N+](=O)[O-])c(C(F)(F)F)cc2[nH]1. The summed E-state index contributed by atoms with van der Waals surface area (Å²) in [6.07, 6.45) is -4.33. The molecule has 3 rings (SSSR count).